The molecule has 2 aromatic rings. The van der Waals surface area contributed by atoms with Gasteiger partial charge in [0.05, 0.1) is 0 Å². The molecular weight excluding hydrogens is 278 g/mol. The summed E-state index contributed by atoms with van der Waals surface area (Å²) in [5.41, 5.74) is 5.26. The summed E-state index contributed by atoms with van der Waals surface area (Å²) in [7, 11) is 0. The van der Waals surface area contributed by atoms with E-state index in [4.69, 9.17) is 11.6 Å². The van der Waals surface area contributed by atoms with Gasteiger partial charge in [-0.1, -0.05) is 54.4 Å². The summed E-state index contributed by atoms with van der Waals surface area (Å²) in [6.45, 7) is 7.49. The van der Waals surface area contributed by atoms with E-state index >= 15 is 0 Å². The molecule has 0 heterocycles. The fraction of sp³-hybridized carbons (Fsp3) is 0.368. The molecule has 0 bridgehead atoms. The first kappa shape index (κ1) is 16.1. The zero-order valence-corrected chi connectivity index (χ0v) is 13.9. The minimum Gasteiger partial charge on any atom is -0.310 e. The largest absolute Gasteiger partial charge is 0.310 e. The summed E-state index contributed by atoms with van der Waals surface area (Å²) in [4.78, 5) is 0. The van der Waals surface area contributed by atoms with E-state index in [0.29, 0.717) is 6.04 Å². The predicted molar refractivity (Wildman–Crippen MR) is 92.1 cm³/mol. The van der Waals surface area contributed by atoms with Gasteiger partial charge in [0.2, 0.25) is 0 Å². The van der Waals surface area contributed by atoms with Crippen molar-refractivity contribution >= 4 is 11.6 Å². The van der Waals surface area contributed by atoms with Gasteiger partial charge >= 0.3 is 0 Å². The second kappa shape index (κ2) is 7.63. The first-order chi connectivity index (χ1) is 10.1. The lowest BCUT2D eigenvalue weighted by molar-refractivity contribution is 0.527. The molecule has 0 aromatic heterocycles. The molecule has 21 heavy (non-hydrogen) atoms. The van der Waals surface area contributed by atoms with E-state index < -0.39 is 0 Å². The molecule has 1 nitrogen and oxygen atoms in total. The van der Waals surface area contributed by atoms with Gasteiger partial charge in [-0.25, -0.2) is 0 Å². The molecule has 1 unspecified atom stereocenters. The van der Waals surface area contributed by atoms with E-state index in [-0.39, 0.29) is 0 Å². The Bertz CT molecular complexity index is 575. The van der Waals surface area contributed by atoms with Gasteiger partial charge in [-0.2, -0.15) is 0 Å². The zero-order chi connectivity index (χ0) is 15.2. The Labute approximate surface area is 133 Å². The Kier molecular flexibility index (Phi) is 5.84. The molecule has 0 aliphatic heterocycles. The lowest BCUT2D eigenvalue weighted by Gasteiger charge is -2.21. The SMILES string of the molecule is CCCNC(Cc1ccc(C)cc1)c1ccc(Cl)cc1C. The van der Waals surface area contributed by atoms with Gasteiger partial charge in [0.15, 0.2) is 0 Å². The average molecular weight is 302 g/mol. The van der Waals surface area contributed by atoms with E-state index in [1.165, 1.54) is 22.3 Å². The van der Waals surface area contributed by atoms with Crippen molar-refractivity contribution < 1.29 is 0 Å². The van der Waals surface area contributed by atoms with Crippen LogP contribution >= 0.6 is 11.6 Å². The number of aryl methyl sites for hydroxylation is 2. The molecule has 0 amide bonds. The van der Waals surface area contributed by atoms with Crippen LogP contribution in [-0.4, -0.2) is 6.54 Å². The van der Waals surface area contributed by atoms with E-state index in [0.717, 1.165) is 24.4 Å². The molecule has 0 aliphatic carbocycles. The standard InChI is InChI=1S/C19H24ClN/c1-4-11-21-19(13-16-7-5-14(2)6-8-16)18-10-9-17(20)12-15(18)3/h5-10,12,19,21H,4,11,13H2,1-3H3. The van der Waals surface area contributed by atoms with Gasteiger partial charge in [0.25, 0.3) is 0 Å². The normalized spacial score (nSPS) is 12.4. The average Bonchev–Trinajstić information content (AvgIpc) is 2.46. The number of hydrogen-bond acceptors (Lipinski definition) is 1. The highest BCUT2D eigenvalue weighted by Gasteiger charge is 2.14. The maximum atomic E-state index is 6.08. The van der Waals surface area contributed by atoms with Crippen LogP contribution in [0.1, 0.15) is 41.6 Å². The Morgan fingerprint density at radius 2 is 1.76 bits per heavy atom. The number of halogens is 1. The molecule has 112 valence electrons. The van der Waals surface area contributed by atoms with Crippen molar-refractivity contribution in [3.05, 3.63) is 69.7 Å². The quantitative estimate of drug-likeness (QED) is 0.769. The van der Waals surface area contributed by atoms with Crippen molar-refractivity contribution in [2.24, 2.45) is 0 Å². The highest BCUT2D eigenvalue weighted by atomic mass is 35.5. The molecule has 2 rings (SSSR count). The Morgan fingerprint density at radius 1 is 1.05 bits per heavy atom. The fourth-order valence-corrected chi connectivity index (χ4v) is 2.83. The Morgan fingerprint density at radius 3 is 2.38 bits per heavy atom. The number of benzene rings is 2. The second-order valence-electron chi connectivity index (χ2n) is 5.70. The minimum absolute atomic E-state index is 0.338. The lowest BCUT2D eigenvalue weighted by atomic mass is 9.95. The zero-order valence-electron chi connectivity index (χ0n) is 13.1. The van der Waals surface area contributed by atoms with Crippen molar-refractivity contribution in [2.45, 2.75) is 39.7 Å². The minimum atomic E-state index is 0.338. The van der Waals surface area contributed by atoms with Crippen molar-refractivity contribution in [3.8, 4) is 0 Å². The van der Waals surface area contributed by atoms with Gasteiger partial charge in [-0.3, -0.25) is 0 Å². The number of nitrogens with one attached hydrogen (secondary N) is 1. The highest BCUT2D eigenvalue weighted by molar-refractivity contribution is 6.30. The molecule has 0 saturated heterocycles. The third kappa shape index (κ3) is 4.59. The van der Waals surface area contributed by atoms with Crippen molar-refractivity contribution in [2.75, 3.05) is 6.54 Å². The van der Waals surface area contributed by atoms with Gasteiger partial charge in [-0.15, -0.1) is 0 Å². The monoisotopic (exact) mass is 301 g/mol. The summed E-state index contributed by atoms with van der Waals surface area (Å²) in [6.07, 6.45) is 2.14. The topological polar surface area (TPSA) is 12.0 Å². The predicted octanol–water partition coefficient (Wildman–Crippen LogP) is 5.24. The van der Waals surface area contributed by atoms with Crippen LogP contribution in [-0.2, 0) is 6.42 Å². The third-order valence-corrected chi connectivity index (χ3v) is 4.04. The van der Waals surface area contributed by atoms with Crippen LogP contribution in [0.2, 0.25) is 5.02 Å². The van der Waals surface area contributed by atoms with Crippen LogP contribution < -0.4 is 5.32 Å². The van der Waals surface area contributed by atoms with E-state index in [1.54, 1.807) is 0 Å². The molecule has 0 fully saturated rings. The van der Waals surface area contributed by atoms with Gasteiger partial charge < -0.3 is 5.32 Å². The van der Waals surface area contributed by atoms with Crippen LogP contribution in [0.4, 0.5) is 0 Å². The molecular formula is C19H24ClN. The highest BCUT2D eigenvalue weighted by Crippen LogP contribution is 2.24. The molecule has 2 heteroatoms. The van der Waals surface area contributed by atoms with Gasteiger partial charge in [0.1, 0.15) is 0 Å². The maximum absolute atomic E-state index is 6.08. The summed E-state index contributed by atoms with van der Waals surface area (Å²) in [6, 6.07) is 15.3. The number of rotatable bonds is 6. The lowest BCUT2D eigenvalue weighted by Crippen LogP contribution is -2.24. The van der Waals surface area contributed by atoms with Crippen LogP contribution in [0, 0.1) is 13.8 Å². The van der Waals surface area contributed by atoms with Gasteiger partial charge in [0, 0.05) is 11.1 Å². The van der Waals surface area contributed by atoms with Crippen LogP contribution in [0.3, 0.4) is 0 Å². The number of hydrogen-bond donors (Lipinski definition) is 1. The summed E-state index contributed by atoms with van der Waals surface area (Å²) in [5.74, 6) is 0. The van der Waals surface area contributed by atoms with Crippen molar-refractivity contribution in [1.82, 2.24) is 5.32 Å². The maximum Gasteiger partial charge on any atom is 0.0408 e. The first-order valence-corrected chi connectivity index (χ1v) is 8.03. The van der Waals surface area contributed by atoms with Crippen molar-refractivity contribution in [1.29, 1.82) is 0 Å². The fourth-order valence-electron chi connectivity index (χ4n) is 2.60. The summed E-state index contributed by atoms with van der Waals surface area (Å²) < 4.78 is 0. The second-order valence-corrected chi connectivity index (χ2v) is 6.13. The Balaban J connectivity index is 2.22. The van der Waals surface area contributed by atoms with E-state index in [1.807, 2.05) is 12.1 Å². The van der Waals surface area contributed by atoms with E-state index in [2.05, 4.69) is 56.4 Å². The molecule has 1 atom stereocenters. The van der Waals surface area contributed by atoms with Gasteiger partial charge in [-0.05, 0) is 62.1 Å². The van der Waals surface area contributed by atoms with Crippen LogP contribution in [0.25, 0.3) is 0 Å². The van der Waals surface area contributed by atoms with Crippen molar-refractivity contribution in [3.63, 3.8) is 0 Å². The molecule has 0 radical (unpaired) electrons. The first-order valence-electron chi connectivity index (χ1n) is 7.65. The molecule has 0 aliphatic rings. The Hall–Kier alpha value is -1.31. The smallest absolute Gasteiger partial charge is 0.0408 e. The molecule has 1 N–H and O–H groups in total. The third-order valence-electron chi connectivity index (χ3n) is 3.81. The van der Waals surface area contributed by atoms with E-state index in [9.17, 15) is 0 Å². The van der Waals surface area contributed by atoms with Crippen LogP contribution in [0.15, 0.2) is 42.5 Å². The molecule has 0 spiro atoms. The summed E-state index contributed by atoms with van der Waals surface area (Å²) in [5, 5.41) is 4.47. The molecule has 0 saturated carbocycles. The molecule has 2 aromatic carbocycles. The summed E-state index contributed by atoms with van der Waals surface area (Å²) >= 11 is 6.08. The van der Waals surface area contributed by atoms with Crippen LogP contribution in [0.5, 0.6) is 0 Å².